The molecule has 5 heteroatoms. The molecule has 240 valence electrons. The molecule has 0 bridgehead atoms. The third-order valence-electron chi connectivity index (χ3n) is 8.92. The highest BCUT2D eigenvalue weighted by molar-refractivity contribution is 5.91. The van der Waals surface area contributed by atoms with Gasteiger partial charge in [-0.1, -0.05) is 117 Å². The topological polar surface area (TPSA) is 44.8 Å². The van der Waals surface area contributed by atoms with E-state index in [-0.39, 0.29) is 11.3 Å². The Hall–Kier alpha value is -2.56. The van der Waals surface area contributed by atoms with Gasteiger partial charge in [-0.25, -0.2) is 9.18 Å². The number of ether oxygens (including phenoxy) is 3. The van der Waals surface area contributed by atoms with Gasteiger partial charge in [0, 0.05) is 0 Å². The van der Waals surface area contributed by atoms with Crippen LogP contribution in [0.25, 0.3) is 0 Å². The Morgan fingerprint density at radius 1 is 0.651 bits per heavy atom. The van der Waals surface area contributed by atoms with E-state index in [9.17, 15) is 9.18 Å². The van der Waals surface area contributed by atoms with Crippen molar-refractivity contribution in [2.75, 3.05) is 13.2 Å². The van der Waals surface area contributed by atoms with Crippen LogP contribution in [0.1, 0.15) is 146 Å². The third-order valence-corrected chi connectivity index (χ3v) is 8.92. The van der Waals surface area contributed by atoms with E-state index >= 15 is 0 Å². The van der Waals surface area contributed by atoms with Gasteiger partial charge in [-0.2, -0.15) is 0 Å². The largest absolute Gasteiger partial charge is 0.494 e. The van der Waals surface area contributed by atoms with Crippen molar-refractivity contribution < 1.29 is 23.4 Å². The lowest BCUT2D eigenvalue weighted by Crippen LogP contribution is -2.15. The Kier molecular flexibility index (Phi) is 17.2. The van der Waals surface area contributed by atoms with Crippen molar-refractivity contribution >= 4 is 5.97 Å². The smallest absolute Gasteiger partial charge is 0.343 e. The summed E-state index contributed by atoms with van der Waals surface area (Å²) in [6, 6.07) is 11.3. The molecule has 1 saturated carbocycles. The number of carbonyl (C=O) groups is 1. The fourth-order valence-electron chi connectivity index (χ4n) is 6.16. The second kappa shape index (κ2) is 21.2. The zero-order valence-electron chi connectivity index (χ0n) is 27.1. The molecule has 2 aromatic rings. The summed E-state index contributed by atoms with van der Waals surface area (Å²) in [6.45, 7) is 5.69. The number of unbranched alkanes of at least 4 members (excludes halogenated alkanes) is 10. The van der Waals surface area contributed by atoms with E-state index in [1.807, 2.05) is 12.1 Å². The molecule has 1 fully saturated rings. The second-order valence-corrected chi connectivity index (χ2v) is 12.6. The lowest BCUT2D eigenvalue weighted by molar-refractivity contribution is 0.0734. The molecule has 1 aliphatic carbocycles. The van der Waals surface area contributed by atoms with E-state index < -0.39 is 11.8 Å². The minimum absolute atomic E-state index is 0.156. The van der Waals surface area contributed by atoms with E-state index in [2.05, 4.69) is 13.8 Å². The Labute approximate surface area is 261 Å². The van der Waals surface area contributed by atoms with Crippen LogP contribution in [0.15, 0.2) is 42.5 Å². The van der Waals surface area contributed by atoms with Crippen LogP contribution < -0.4 is 14.2 Å². The first kappa shape index (κ1) is 34.9. The van der Waals surface area contributed by atoms with Crippen molar-refractivity contribution in [2.24, 2.45) is 11.8 Å². The van der Waals surface area contributed by atoms with Gasteiger partial charge in [0.15, 0.2) is 11.6 Å². The first-order valence-electron chi connectivity index (χ1n) is 17.5. The van der Waals surface area contributed by atoms with E-state index in [0.29, 0.717) is 19.0 Å². The maximum absolute atomic E-state index is 14.6. The van der Waals surface area contributed by atoms with Crippen molar-refractivity contribution in [2.45, 2.75) is 136 Å². The molecule has 0 atom stereocenters. The number of halogens is 1. The number of esters is 1. The monoisotopic (exact) mass is 596 g/mol. The molecule has 0 heterocycles. The van der Waals surface area contributed by atoms with E-state index in [1.54, 1.807) is 18.2 Å². The molecular formula is C38H57FO4. The van der Waals surface area contributed by atoms with Gasteiger partial charge < -0.3 is 14.2 Å². The Morgan fingerprint density at radius 3 is 1.81 bits per heavy atom. The number of hydrogen-bond donors (Lipinski definition) is 0. The van der Waals surface area contributed by atoms with Crippen molar-refractivity contribution in [3.63, 3.8) is 0 Å². The molecule has 0 aromatic heterocycles. The van der Waals surface area contributed by atoms with Crippen LogP contribution in [-0.2, 0) is 0 Å². The summed E-state index contributed by atoms with van der Waals surface area (Å²) in [6.07, 6.45) is 24.4. The Bertz CT molecular complexity index is 1010. The highest BCUT2D eigenvalue weighted by Gasteiger charge is 2.20. The standard InChI is InChI=1S/C38H57FO4/c1-3-5-7-8-9-10-11-12-14-28-42-37-27-22-33(30-36(37)39)38(40)43-35-25-23-34(24-26-35)41-29-15-17-32-20-18-31(19-21-32)16-13-6-4-2/h22-27,30-32H,3-21,28-29H2,1-2H3/t31-,32-. The fourth-order valence-corrected chi connectivity index (χ4v) is 6.16. The first-order valence-corrected chi connectivity index (χ1v) is 17.5. The van der Waals surface area contributed by atoms with Gasteiger partial charge >= 0.3 is 5.97 Å². The number of benzene rings is 2. The van der Waals surface area contributed by atoms with Gasteiger partial charge in [0.1, 0.15) is 11.5 Å². The van der Waals surface area contributed by atoms with Gasteiger partial charge in [-0.05, 0) is 73.6 Å². The predicted octanol–water partition coefficient (Wildman–Crippen LogP) is 11.5. The molecule has 2 aromatic carbocycles. The van der Waals surface area contributed by atoms with Gasteiger partial charge in [0.25, 0.3) is 0 Å². The zero-order valence-corrected chi connectivity index (χ0v) is 27.1. The molecule has 0 radical (unpaired) electrons. The van der Waals surface area contributed by atoms with Gasteiger partial charge in [-0.15, -0.1) is 0 Å². The molecule has 0 N–H and O–H groups in total. The van der Waals surface area contributed by atoms with Crippen LogP contribution in [0.3, 0.4) is 0 Å². The molecule has 0 amide bonds. The van der Waals surface area contributed by atoms with Crippen LogP contribution in [-0.4, -0.2) is 19.2 Å². The normalized spacial score (nSPS) is 16.6. The first-order chi connectivity index (χ1) is 21.1. The van der Waals surface area contributed by atoms with Gasteiger partial charge in [0.2, 0.25) is 0 Å². The third kappa shape index (κ3) is 14.2. The molecule has 43 heavy (non-hydrogen) atoms. The number of hydrogen-bond acceptors (Lipinski definition) is 4. The molecule has 0 unspecified atom stereocenters. The highest BCUT2D eigenvalue weighted by atomic mass is 19.1. The van der Waals surface area contributed by atoms with Crippen LogP contribution in [0.4, 0.5) is 4.39 Å². The fraction of sp³-hybridized carbons (Fsp3) is 0.658. The van der Waals surface area contributed by atoms with Crippen molar-refractivity contribution in [1.82, 2.24) is 0 Å². The minimum atomic E-state index is -0.599. The van der Waals surface area contributed by atoms with E-state index in [0.717, 1.165) is 36.8 Å². The summed E-state index contributed by atoms with van der Waals surface area (Å²) in [7, 11) is 0. The molecular weight excluding hydrogens is 539 g/mol. The maximum atomic E-state index is 14.6. The van der Waals surface area contributed by atoms with Crippen LogP contribution in [0, 0.1) is 17.7 Å². The molecule has 4 nitrogen and oxygen atoms in total. The van der Waals surface area contributed by atoms with Crippen LogP contribution in [0.5, 0.6) is 17.2 Å². The average Bonchev–Trinajstić information content (AvgIpc) is 3.02. The molecule has 3 rings (SSSR count). The van der Waals surface area contributed by atoms with Crippen LogP contribution >= 0.6 is 0 Å². The summed E-state index contributed by atoms with van der Waals surface area (Å²) < 4.78 is 31.6. The van der Waals surface area contributed by atoms with Gasteiger partial charge in [0.05, 0.1) is 18.8 Å². The van der Waals surface area contributed by atoms with E-state index in [4.69, 9.17) is 14.2 Å². The number of rotatable bonds is 22. The molecule has 0 spiro atoms. The minimum Gasteiger partial charge on any atom is -0.494 e. The SMILES string of the molecule is CCCCCCCCCCCOc1ccc(C(=O)Oc2ccc(OCCC[C@H]3CC[C@H](CCCCC)CC3)cc2)cc1F. The Balaban J connectivity index is 1.28. The van der Waals surface area contributed by atoms with Crippen LogP contribution in [0.2, 0.25) is 0 Å². The van der Waals surface area contributed by atoms with Gasteiger partial charge in [-0.3, -0.25) is 0 Å². The highest BCUT2D eigenvalue weighted by Crippen LogP contribution is 2.34. The Morgan fingerprint density at radius 2 is 1.19 bits per heavy atom. The quantitative estimate of drug-likeness (QED) is 0.0770. The zero-order chi connectivity index (χ0) is 30.5. The van der Waals surface area contributed by atoms with Crippen molar-refractivity contribution in [3.05, 3.63) is 53.8 Å². The summed E-state index contributed by atoms with van der Waals surface area (Å²) >= 11 is 0. The molecule has 0 aliphatic heterocycles. The molecule has 0 saturated heterocycles. The van der Waals surface area contributed by atoms with E-state index in [1.165, 1.54) is 115 Å². The summed E-state index contributed by atoms with van der Waals surface area (Å²) in [5.74, 6) is 1.99. The van der Waals surface area contributed by atoms with Crippen molar-refractivity contribution in [3.8, 4) is 17.2 Å². The van der Waals surface area contributed by atoms with Crippen molar-refractivity contribution in [1.29, 1.82) is 0 Å². The summed E-state index contributed by atoms with van der Waals surface area (Å²) in [5, 5.41) is 0. The second-order valence-electron chi connectivity index (χ2n) is 12.6. The lowest BCUT2D eigenvalue weighted by atomic mass is 9.78. The lowest BCUT2D eigenvalue weighted by Gasteiger charge is -2.28. The summed E-state index contributed by atoms with van der Waals surface area (Å²) in [4.78, 5) is 12.6. The average molecular weight is 597 g/mol. The molecule has 1 aliphatic rings. The maximum Gasteiger partial charge on any atom is 0.343 e. The number of carbonyl (C=O) groups excluding carboxylic acids is 1. The summed E-state index contributed by atoms with van der Waals surface area (Å²) in [5.41, 5.74) is 0.156. The predicted molar refractivity (Wildman–Crippen MR) is 175 cm³/mol.